The molecule has 0 aliphatic rings. The molecule has 0 fully saturated rings. The van der Waals surface area contributed by atoms with Crippen molar-refractivity contribution in [1.29, 1.82) is 0 Å². The highest BCUT2D eigenvalue weighted by atomic mass is 19.2. The van der Waals surface area contributed by atoms with Crippen LogP contribution in [0.2, 0.25) is 0 Å². The Labute approximate surface area is 159 Å². The van der Waals surface area contributed by atoms with Gasteiger partial charge in [0, 0.05) is 11.1 Å². The molecule has 0 aliphatic carbocycles. The molecule has 0 bridgehead atoms. The van der Waals surface area contributed by atoms with Crippen molar-refractivity contribution in [2.45, 2.75) is 0 Å². The molecule has 0 unspecified atom stereocenters. The van der Waals surface area contributed by atoms with Gasteiger partial charge >= 0.3 is 5.97 Å². The zero-order chi connectivity index (χ0) is 20.1. The number of aliphatic carboxylic acids is 1. The summed E-state index contributed by atoms with van der Waals surface area (Å²) in [7, 11) is 0. The summed E-state index contributed by atoms with van der Waals surface area (Å²) < 4.78 is 27.5. The Morgan fingerprint density at radius 1 is 0.893 bits per heavy atom. The summed E-state index contributed by atoms with van der Waals surface area (Å²) in [6.45, 7) is 0. The molecule has 0 saturated heterocycles. The van der Waals surface area contributed by atoms with E-state index in [4.69, 9.17) is 0 Å². The van der Waals surface area contributed by atoms with E-state index in [1.807, 2.05) is 0 Å². The van der Waals surface area contributed by atoms with Gasteiger partial charge in [0.05, 0.1) is 0 Å². The van der Waals surface area contributed by atoms with E-state index < -0.39 is 23.5 Å². The van der Waals surface area contributed by atoms with E-state index in [2.05, 4.69) is 5.32 Å². The van der Waals surface area contributed by atoms with Gasteiger partial charge in [-0.3, -0.25) is 4.79 Å². The predicted octanol–water partition coefficient (Wildman–Crippen LogP) is 4.49. The third kappa shape index (κ3) is 4.29. The zero-order valence-corrected chi connectivity index (χ0v) is 14.5. The fraction of sp³-hybridized carbons (Fsp3) is 0. The zero-order valence-electron chi connectivity index (χ0n) is 14.5. The number of carbonyl (C=O) groups excluding carboxylic acids is 1. The van der Waals surface area contributed by atoms with Crippen molar-refractivity contribution in [1.82, 2.24) is 5.32 Å². The van der Waals surface area contributed by atoms with Crippen LogP contribution < -0.4 is 5.32 Å². The molecule has 0 radical (unpaired) electrons. The van der Waals surface area contributed by atoms with Crippen LogP contribution in [0.1, 0.15) is 15.9 Å². The molecule has 0 atom stereocenters. The molecule has 140 valence electrons. The van der Waals surface area contributed by atoms with E-state index >= 15 is 0 Å². The number of carboxylic acid groups (broad SMARTS) is 1. The summed E-state index contributed by atoms with van der Waals surface area (Å²) in [6.07, 6.45) is 1.25. The number of benzene rings is 3. The number of rotatable bonds is 5. The van der Waals surface area contributed by atoms with Crippen molar-refractivity contribution in [2.75, 3.05) is 0 Å². The summed E-state index contributed by atoms with van der Waals surface area (Å²) in [4.78, 5) is 23.7. The first-order valence-corrected chi connectivity index (χ1v) is 8.31. The van der Waals surface area contributed by atoms with Crippen molar-refractivity contribution in [2.24, 2.45) is 0 Å². The standard InChI is InChI=1S/C22H15F2NO3/c23-18-11-5-10-17(20(18)24)16-9-4-6-14(12-16)13-19(22(27)28)25-21(26)15-7-2-1-3-8-15/h1-13H,(H,25,26)(H,27,28)/b19-13-. The lowest BCUT2D eigenvalue weighted by molar-refractivity contribution is -0.132. The van der Waals surface area contributed by atoms with Gasteiger partial charge in [0.25, 0.3) is 5.91 Å². The van der Waals surface area contributed by atoms with Crippen LogP contribution in [-0.4, -0.2) is 17.0 Å². The maximum atomic E-state index is 14.0. The fourth-order valence-corrected chi connectivity index (χ4v) is 2.62. The molecule has 3 aromatic carbocycles. The third-order valence-electron chi connectivity index (χ3n) is 3.97. The Bertz CT molecular complexity index is 1060. The molecule has 0 aliphatic heterocycles. The maximum Gasteiger partial charge on any atom is 0.352 e. The van der Waals surface area contributed by atoms with Gasteiger partial charge < -0.3 is 10.4 Å². The molecule has 0 aromatic heterocycles. The van der Waals surface area contributed by atoms with E-state index in [9.17, 15) is 23.5 Å². The Balaban J connectivity index is 1.92. The molecule has 0 spiro atoms. The minimum Gasteiger partial charge on any atom is -0.477 e. The number of nitrogens with one attached hydrogen (secondary N) is 1. The van der Waals surface area contributed by atoms with Crippen molar-refractivity contribution < 1.29 is 23.5 Å². The van der Waals surface area contributed by atoms with Crippen molar-refractivity contribution in [3.05, 3.63) is 101 Å². The minimum absolute atomic E-state index is 0.0560. The number of carboxylic acids is 1. The van der Waals surface area contributed by atoms with Crippen LogP contribution in [0.25, 0.3) is 17.2 Å². The van der Waals surface area contributed by atoms with Gasteiger partial charge in [-0.25, -0.2) is 13.6 Å². The summed E-state index contributed by atoms with van der Waals surface area (Å²) in [5.41, 5.74) is 0.813. The predicted molar refractivity (Wildman–Crippen MR) is 101 cm³/mol. The van der Waals surface area contributed by atoms with Crippen molar-refractivity contribution >= 4 is 18.0 Å². The summed E-state index contributed by atoms with van der Waals surface area (Å²) in [5.74, 6) is -3.85. The van der Waals surface area contributed by atoms with Crippen molar-refractivity contribution in [3.8, 4) is 11.1 Å². The molecule has 1 amide bonds. The molecular formula is C22H15F2NO3. The first-order valence-electron chi connectivity index (χ1n) is 8.31. The molecule has 6 heteroatoms. The molecule has 0 heterocycles. The highest BCUT2D eigenvalue weighted by Crippen LogP contribution is 2.25. The van der Waals surface area contributed by atoms with Crippen LogP contribution >= 0.6 is 0 Å². The average molecular weight is 379 g/mol. The van der Waals surface area contributed by atoms with Crippen molar-refractivity contribution in [3.63, 3.8) is 0 Å². The lowest BCUT2D eigenvalue weighted by atomic mass is 10.0. The fourth-order valence-electron chi connectivity index (χ4n) is 2.62. The van der Waals surface area contributed by atoms with Gasteiger partial charge in [-0.1, -0.05) is 48.5 Å². The maximum absolute atomic E-state index is 14.0. The largest absolute Gasteiger partial charge is 0.477 e. The van der Waals surface area contributed by atoms with E-state index in [1.165, 1.54) is 24.3 Å². The number of hydrogen-bond acceptors (Lipinski definition) is 2. The smallest absolute Gasteiger partial charge is 0.352 e. The summed E-state index contributed by atoms with van der Waals surface area (Å²) >= 11 is 0. The second kappa shape index (κ2) is 8.26. The average Bonchev–Trinajstić information content (AvgIpc) is 2.70. The van der Waals surface area contributed by atoms with E-state index in [0.29, 0.717) is 16.7 Å². The van der Waals surface area contributed by atoms with Crippen LogP contribution in [-0.2, 0) is 4.79 Å². The van der Waals surface area contributed by atoms with Gasteiger partial charge in [0.15, 0.2) is 11.6 Å². The van der Waals surface area contributed by atoms with Crippen LogP contribution in [0.4, 0.5) is 8.78 Å². The molecule has 4 nitrogen and oxygen atoms in total. The van der Waals surface area contributed by atoms with Gasteiger partial charge in [-0.2, -0.15) is 0 Å². The molecule has 28 heavy (non-hydrogen) atoms. The SMILES string of the molecule is O=C(O)/C(=C/c1cccc(-c2cccc(F)c2F)c1)NC(=O)c1ccccc1. The van der Waals surface area contributed by atoms with Gasteiger partial charge in [0.2, 0.25) is 0 Å². The van der Waals surface area contributed by atoms with Gasteiger partial charge in [0.1, 0.15) is 5.70 Å². The second-order valence-electron chi connectivity index (χ2n) is 5.91. The Kier molecular flexibility index (Phi) is 5.60. The lowest BCUT2D eigenvalue weighted by Crippen LogP contribution is -2.27. The first-order chi connectivity index (χ1) is 13.5. The Morgan fingerprint density at radius 2 is 1.61 bits per heavy atom. The molecule has 3 aromatic rings. The molecule has 3 rings (SSSR count). The molecule has 2 N–H and O–H groups in total. The highest BCUT2D eigenvalue weighted by molar-refractivity contribution is 6.02. The van der Waals surface area contributed by atoms with Gasteiger partial charge in [-0.05, 0) is 41.5 Å². The van der Waals surface area contributed by atoms with Crippen LogP contribution in [0, 0.1) is 11.6 Å². The summed E-state index contributed by atoms with van der Waals surface area (Å²) in [6, 6.07) is 18.3. The molecule has 0 saturated carbocycles. The highest BCUT2D eigenvalue weighted by Gasteiger charge is 2.14. The van der Waals surface area contributed by atoms with Crippen LogP contribution in [0.3, 0.4) is 0 Å². The number of carbonyl (C=O) groups is 2. The topological polar surface area (TPSA) is 66.4 Å². The molecular weight excluding hydrogens is 364 g/mol. The quantitative estimate of drug-likeness (QED) is 0.642. The second-order valence-corrected chi connectivity index (χ2v) is 5.91. The monoisotopic (exact) mass is 379 g/mol. The van der Waals surface area contributed by atoms with E-state index in [1.54, 1.807) is 48.5 Å². The first kappa shape index (κ1) is 19.0. The Hall–Kier alpha value is -3.80. The van der Waals surface area contributed by atoms with E-state index in [0.717, 1.165) is 6.07 Å². The number of halogens is 2. The normalized spacial score (nSPS) is 11.1. The van der Waals surface area contributed by atoms with Crippen LogP contribution in [0.5, 0.6) is 0 Å². The minimum atomic E-state index is -1.33. The summed E-state index contributed by atoms with van der Waals surface area (Å²) in [5, 5.41) is 11.8. The van der Waals surface area contributed by atoms with Crippen LogP contribution in [0.15, 0.2) is 78.5 Å². The van der Waals surface area contributed by atoms with Gasteiger partial charge in [-0.15, -0.1) is 0 Å². The lowest BCUT2D eigenvalue weighted by Gasteiger charge is -2.08. The third-order valence-corrected chi connectivity index (χ3v) is 3.97. The Morgan fingerprint density at radius 3 is 2.32 bits per heavy atom. The van der Waals surface area contributed by atoms with E-state index in [-0.39, 0.29) is 11.3 Å². The number of amides is 1. The number of hydrogen-bond donors (Lipinski definition) is 2.